The van der Waals surface area contributed by atoms with Crippen molar-refractivity contribution in [2.45, 2.75) is 24.8 Å². The van der Waals surface area contributed by atoms with Gasteiger partial charge in [0, 0.05) is 0 Å². The lowest BCUT2D eigenvalue weighted by Gasteiger charge is -2.47. The van der Waals surface area contributed by atoms with Crippen molar-refractivity contribution in [1.82, 2.24) is 4.90 Å². The number of hydrogen-bond acceptors (Lipinski definition) is 4. The number of hydrogen-bond donors (Lipinski definition) is 0. The van der Waals surface area contributed by atoms with Gasteiger partial charge in [0.05, 0.1) is 26.9 Å². The van der Waals surface area contributed by atoms with Crippen LogP contribution in [0.25, 0.3) is 0 Å². The molecule has 0 aliphatic carbocycles. The fraction of sp³-hybridized carbons (Fsp3) is 0.333. The summed E-state index contributed by atoms with van der Waals surface area (Å²) in [5, 5.41) is 0. The second kappa shape index (κ2) is 9.44. The van der Waals surface area contributed by atoms with Gasteiger partial charge >= 0.3 is 0 Å². The molecule has 1 saturated heterocycles. The van der Waals surface area contributed by atoms with Crippen LogP contribution in [0.3, 0.4) is 0 Å². The summed E-state index contributed by atoms with van der Waals surface area (Å²) in [5.74, 6) is 2.59. The average molecular weight is 418 g/mol. The van der Waals surface area contributed by atoms with Gasteiger partial charge in [-0.15, -0.1) is 0 Å². The van der Waals surface area contributed by atoms with Crippen molar-refractivity contribution in [1.29, 1.82) is 0 Å². The summed E-state index contributed by atoms with van der Waals surface area (Å²) in [4.78, 5) is 2.63. The predicted octanol–water partition coefficient (Wildman–Crippen LogP) is 5.49. The van der Waals surface area contributed by atoms with Crippen LogP contribution in [0, 0.1) is 0 Å². The van der Waals surface area contributed by atoms with Gasteiger partial charge in [-0.05, 0) is 79.0 Å². The lowest BCUT2D eigenvalue weighted by atomic mass is 9.74. The van der Waals surface area contributed by atoms with E-state index >= 15 is 0 Å². The summed E-state index contributed by atoms with van der Waals surface area (Å²) in [6, 6.07) is 25.5. The largest absolute Gasteiger partial charge is 0.497 e. The number of rotatable bonds is 7. The van der Waals surface area contributed by atoms with Crippen LogP contribution in [0.5, 0.6) is 17.2 Å². The summed E-state index contributed by atoms with van der Waals surface area (Å²) in [7, 11) is 5.12. The van der Waals surface area contributed by atoms with E-state index in [4.69, 9.17) is 14.2 Å². The van der Waals surface area contributed by atoms with Crippen molar-refractivity contribution in [3.8, 4) is 17.2 Å². The third-order valence-corrected chi connectivity index (χ3v) is 6.35. The smallest absolute Gasteiger partial charge is 0.118 e. The van der Waals surface area contributed by atoms with Gasteiger partial charge in [-0.3, -0.25) is 4.90 Å². The molecule has 3 aromatic carbocycles. The van der Waals surface area contributed by atoms with E-state index in [1.165, 1.54) is 36.0 Å². The molecule has 0 bridgehead atoms. The average Bonchev–Trinajstić information content (AvgIpc) is 2.86. The Morgan fingerprint density at radius 3 is 1.13 bits per heavy atom. The molecule has 31 heavy (non-hydrogen) atoms. The molecule has 162 valence electrons. The van der Waals surface area contributed by atoms with Gasteiger partial charge in [0.1, 0.15) is 17.2 Å². The molecule has 1 aliphatic heterocycles. The van der Waals surface area contributed by atoms with Crippen LogP contribution in [0.1, 0.15) is 36.0 Å². The summed E-state index contributed by atoms with van der Waals surface area (Å²) in [5.41, 5.74) is 3.27. The van der Waals surface area contributed by atoms with Gasteiger partial charge in [0.25, 0.3) is 0 Å². The monoisotopic (exact) mass is 417 g/mol. The van der Waals surface area contributed by atoms with Gasteiger partial charge in [0.15, 0.2) is 0 Å². The fourth-order valence-electron chi connectivity index (χ4n) is 4.77. The molecular weight excluding hydrogens is 386 g/mol. The maximum atomic E-state index is 5.45. The van der Waals surface area contributed by atoms with Crippen molar-refractivity contribution in [3.05, 3.63) is 89.5 Å². The van der Waals surface area contributed by atoms with E-state index in [1.807, 2.05) is 0 Å². The first-order valence-corrected chi connectivity index (χ1v) is 10.9. The third-order valence-electron chi connectivity index (χ3n) is 6.35. The van der Waals surface area contributed by atoms with E-state index in [1.54, 1.807) is 21.3 Å². The van der Waals surface area contributed by atoms with Crippen LogP contribution >= 0.6 is 0 Å². The van der Waals surface area contributed by atoms with Crippen LogP contribution in [-0.4, -0.2) is 39.3 Å². The molecule has 0 amide bonds. The van der Waals surface area contributed by atoms with E-state index in [0.717, 1.165) is 30.3 Å². The zero-order valence-corrected chi connectivity index (χ0v) is 18.6. The van der Waals surface area contributed by atoms with Crippen molar-refractivity contribution < 1.29 is 14.2 Å². The number of methoxy groups -OCH3 is 3. The van der Waals surface area contributed by atoms with Crippen LogP contribution in [0.2, 0.25) is 0 Å². The van der Waals surface area contributed by atoms with Crippen molar-refractivity contribution >= 4 is 0 Å². The van der Waals surface area contributed by atoms with E-state index in [0.29, 0.717) is 0 Å². The minimum atomic E-state index is -0.411. The molecule has 0 saturated carbocycles. The van der Waals surface area contributed by atoms with Gasteiger partial charge < -0.3 is 14.2 Å². The van der Waals surface area contributed by atoms with Crippen molar-refractivity contribution in [3.63, 3.8) is 0 Å². The standard InChI is InChI=1S/C27H31NO3/c1-29-24-13-7-21(8-14-24)27(28-19-5-4-6-20-28,22-9-15-25(30-2)16-10-22)23-11-17-26(31-3)18-12-23/h7-18H,4-6,19-20H2,1-3H3. The first-order chi connectivity index (χ1) is 15.2. The molecule has 0 spiro atoms. The number of piperidine rings is 1. The Morgan fingerprint density at radius 1 is 0.516 bits per heavy atom. The van der Waals surface area contributed by atoms with E-state index in [-0.39, 0.29) is 0 Å². The topological polar surface area (TPSA) is 30.9 Å². The number of ether oxygens (including phenoxy) is 3. The quantitative estimate of drug-likeness (QED) is 0.476. The molecule has 4 heteroatoms. The second-order valence-electron chi connectivity index (χ2n) is 7.94. The summed E-state index contributed by atoms with van der Waals surface area (Å²) >= 11 is 0. The minimum absolute atomic E-state index is 0.411. The fourth-order valence-corrected chi connectivity index (χ4v) is 4.77. The van der Waals surface area contributed by atoms with Gasteiger partial charge in [-0.25, -0.2) is 0 Å². The first kappa shape index (κ1) is 21.3. The highest BCUT2D eigenvalue weighted by molar-refractivity contribution is 5.52. The molecule has 1 aliphatic rings. The first-order valence-electron chi connectivity index (χ1n) is 10.9. The lowest BCUT2D eigenvalue weighted by molar-refractivity contribution is 0.127. The van der Waals surface area contributed by atoms with Crippen LogP contribution in [-0.2, 0) is 5.54 Å². The van der Waals surface area contributed by atoms with Gasteiger partial charge in [0.2, 0.25) is 0 Å². The van der Waals surface area contributed by atoms with Gasteiger partial charge in [-0.1, -0.05) is 42.8 Å². The summed E-state index contributed by atoms with van der Waals surface area (Å²) < 4.78 is 16.4. The molecule has 0 radical (unpaired) electrons. The Kier molecular flexibility index (Phi) is 6.47. The predicted molar refractivity (Wildman–Crippen MR) is 124 cm³/mol. The van der Waals surface area contributed by atoms with Crippen LogP contribution in [0.4, 0.5) is 0 Å². The number of likely N-dealkylation sites (tertiary alicyclic amines) is 1. The highest BCUT2D eigenvalue weighted by atomic mass is 16.5. The zero-order chi connectivity index (χ0) is 21.7. The maximum Gasteiger partial charge on any atom is 0.118 e. The Morgan fingerprint density at radius 2 is 0.839 bits per heavy atom. The molecule has 0 atom stereocenters. The van der Waals surface area contributed by atoms with Crippen molar-refractivity contribution in [2.24, 2.45) is 0 Å². The number of nitrogens with zero attached hydrogens (tertiary/aromatic N) is 1. The van der Waals surface area contributed by atoms with E-state index < -0.39 is 5.54 Å². The molecule has 0 N–H and O–H groups in total. The molecule has 1 fully saturated rings. The zero-order valence-electron chi connectivity index (χ0n) is 18.6. The van der Waals surface area contributed by atoms with E-state index in [2.05, 4.69) is 77.7 Å². The normalized spacial score (nSPS) is 14.8. The Bertz CT molecular complexity index is 843. The lowest BCUT2D eigenvalue weighted by Crippen LogP contribution is -2.50. The highest BCUT2D eigenvalue weighted by Crippen LogP contribution is 2.45. The Hall–Kier alpha value is -2.98. The maximum absolute atomic E-state index is 5.45. The highest BCUT2D eigenvalue weighted by Gasteiger charge is 2.42. The molecule has 4 nitrogen and oxygen atoms in total. The van der Waals surface area contributed by atoms with Crippen LogP contribution in [0.15, 0.2) is 72.8 Å². The molecule has 0 unspecified atom stereocenters. The minimum Gasteiger partial charge on any atom is -0.497 e. The van der Waals surface area contributed by atoms with Crippen LogP contribution < -0.4 is 14.2 Å². The molecule has 3 aromatic rings. The molecular formula is C27H31NO3. The summed E-state index contributed by atoms with van der Waals surface area (Å²) in [6.45, 7) is 2.09. The van der Waals surface area contributed by atoms with Gasteiger partial charge in [-0.2, -0.15) is 0 Å². The molecule has 0 aromatic heterocycles. The summed E-state index contributed by atoms with van der Waals surface area (Å²) in [6.07, 6.45) is 3.68. The Balaban J connectivity index is 1.97. The third kappa shape index (κ3) is 4.00. The van der Waals surface area contributed by atoms with E-state index in [9.17, 15) is 0 Å². The SMILES string of the molecule is COc1ccc(C(c2ccc(OC)cc2)(c2ccc(OC)cc2)N2CCCCC2)cc1. The molecule has 1 heterocycles. The second-order valence-corrected chi connectivity index (χ2v) is 7.94. The van der Waals surface area contributed by atoms with Crippen molar-refractivity contribution in [2.75, 3.05) is 34.4 Å². The number of benzene rings is 3. The molecule has 4 rings (SSSR count). The Labute approximate surface area is 185 Å².